The van der Waals surface area contributed by atoms with Crippen molar-refractivity contribution in [2.75, 3.05) is 0 Å². The predicted molar refractivity (Wildman–Crippen MR) is 122 cm³/mol. The van der Waals surface area contributed by atoms with Crippen molar-refractivity contribution >= 4 is 34.3 Å². The van der Waals surface area contributed by atoms with Crippen LogP contribution in [0.3, 0.4) is 0 Å². The van der Waals surface area contributed by atoms with E-state index in [4.69, 9.17) is 16.3 Å². The number of hydrogen-bond acceptors (Lipinski definition) is 5. The summed E-state index contributed by atoms with van der Waals surface area (Å²) in [7, 11) is 0. The molecular formula is C25H19ClN2O4. The number of benzene rings is 3. The van der Waals surface area contributed by atoms with Crippen LogP contribution >= 0.6 is 11.6 Å². The molecule has 0 unspecified atom stereocenters. The minimum Gasteiger partial charge on any atom is -0.426 e. The molecule has 0 aliphatic carbocycles. The third-order valence-corrected chi connectivity index (χ3v) is 5.30. The summed E-state index contributed by atoms with van der Waals surface area (Å²) in [6, 6.07) is 20.1. The van der Waals surface area contributed by atoms with Crippen LogP contribution in [0.1, 0.15) is 28.2 Å². The number of rotatable bonds is 6. The van der Waals surface area contributed by atoms with Gasteiger partial charge < -0.3 is 4.74 Å². The highest BCUT2D eigenvalue weighted by molar-refractivity contribution is 6.30. The van der Waals surface area contributed by atoms with Crippen molar-refractivity contribution in [3.05, 3.63) is 105 Å². The third-order valence-electron chi connectivity index (χ3n) is 5.05. The van der Waals surface area contributed by atoms with E-state index in [1.165, 1.54) is 4.57 Å². The number of halogens is 1. The average molecular weight is 447 g/mol. The Labute approximate surface area is 189 Å². The summed E-state index contributed by atoms with van der Waals surface area (Å²) < 4.78 is 6.83. The maximum Gasteiger partial charge on any atom is 0.312 e. The van der Waals surface area contributed by atoms with Gasteiger partial charge in [0.15, 0.2) is 5.78 Å². The van der Waals surface area contributed by atoms with Crippen LogP contribution in [0.2, 0.25) is 5.02 Å². The van der Waals surface area contributed by atoms with E-state index in [0.717, 1.165) is 0 Å². The first-order valence-corrected chi connectivity index (χ1v) is 10.4. The number of fused-ring (bicyclic) bond motifs is 1. The van der Waals surface area contributed by atoms with Gasteiger partial charge in [-0.15, -0.1) is 0 Å². The zero-order chi connectivity index (χ0) is 22.7. The zero-order valence-electron chi connectivity index (χ0n) is 17.2. The molecule has 1 aromatic heterocycles. The molecule has 6 nitrogen and oxygen atoms in total. The second kappa shape index (κ2) is 9.16. The van der Waals surface area contributed by atoms with Gasteiger partial charge in [-0.1, -0.05) is 23.7 Å². The molecule has 0 atom stereocenters. The van der Waals surface area contributed by atoms with Gasteiger partial charge >= 0.3 is 5.97 Å². The molecule has 0 bridgehead atoms. The van der Waals surface area contributed by atoms with Crippen LogP contribution in [0.25, 0.3) is 10.9 Å². The van der Waals surface area contributed by atoms with Crippen LogP contribution in [0, 0.1) is 6.92 Å². The Hall–Kier alpha value is -3.77. The lowest BCUT2D eigenvalue weighted by molar-refractivity contribution is -0.134. The number of carbonyl (C=O) groups excluding carboxylic acids is 2. The SMILES string of the molecule is Cc1nc2ccccc2c(=O)n1CCC(=O)Oc1ccc(C(=O)c2ccc(Cl)cc2)cc1. The van der Waals surface area contributed by atoms with Gasteiger partial charge in [0.2, 0.25) is 0 Å². The molecule has 1 heterocycles. The number of ketones is 1. The van der Waals surface area contributed by atoms with Gasteiger partial charge in [-0.3, -0.25) is 19.0 Å². The van der Waals surface area contributed by atoms with Crippen molar-refractivity contribution in [3.63, 3.8) is 0 Å². The molecule has 0 saturated carbocycles. The minimum atomic E-state index is -0.485. The molecule has 7 heteroatoms. The molecule has 0 saturated heterocycles. The summed E-state index contributed by atoms with van der Waals surface area (Å²) >= 11 is 5.86. The summed E-state index contributed by atoms with van der Waals surface area (Å²) in [6.45, 7) is 1.89. The summed E-state index contributed by atoms with van der Waals surface area (Å²) in [5.41, 5.74) is 1.42. The van der Waals surface area contributed by atoms with Crippen LogP contribution in [0.4, 0.5) is 0 Å². The number of aromatic nitrogens is 2. The normalized spacial score (nSPS) is 10.8. The van der Waals surface area contributed by atoms with Crippen molar-refractivity contribution in [3.8, 4) is 5.75 Å². The maximum absolute atomic E-state index is 12.7. The van der Waals surface area contributed by atoms with E-state index in [1.54, 1.807) is 73.7 Å². The van der Waals surface area contributed by atoms with Crippen LogP contribution in [-0.2, 0) is 11.3 Å². The van der Waals surface area contributed by atoms with Gasteiger partial charge in [0, 0.05) is 22.7 Å². The molecule has 0 aliphatic heterocycles. The lowest BCUT2D eigenvalue weighted by Gasteiger charge is -2.10. The van der Waals surface area contributed by atoms with Gasteiger partial charge in [-0.2, -0.15) is 0 Å². The van der Waals surface area contributed by atoms with Crippen LogP contribution in [0.15, 0.2) is 77.6 Å². The standard InChI is InChI=1S/C25H19ClN2O4/c1-16-27-22-5-3-2-4-21(22)25(31)28(16)15-14-23(29)32-20-12-8-18(9-13-20)24(30)17-6-10-19(26)11-7-17/h2-13H,14-15H2,1H3. The summed E-state index contributed by atoms with van der Waals surface area (Å²) in [5.74, 6) is 0.217. The monoisotopic (exact) mass is 446 g/mol. The number of hydrogen-bond donors (Lipinski definition) is 0. The third kappa shape index (κ3) is 4.60. The van der Waals surface area contributed by atoms with Gasteiger partial charge in [-0.05, 0) is 67.6 Å². The van der Waals surface area contributed by atoms with Crippen LogP contribution in [0.5, 0.6) is 5.75 Å². The fourth-order valence-electron chi connectivity index (χ4n) is 3.37. The van der Waals surface area contributed by atoms with Gasteiger partial charge in [0.25, 0.3) is 5.56 Å². The Balaban J connectivity index is 1.40. The molecule has 3 aromatic carbocycles. The molecule has 4 rings (SSSR count). The summed E-state index contributed by atoms with van der Waals surface area (Å²) in [6.07, 6.45) is 0.00617. The molecule has 0 aliphatic rings. The van der Waals surface area contributed by atoms with E-state index in [-0.39, 0.29) is 24.3 Å². The Kier molecular flexibility index (Phi) is 6.14. The lowest BCUT2D eigenvalue weighted by atomic mass is 10.0. The highest BCUT2D eigenvalue weighted by Crippen LogP contribution is 2.18. The van der Waals surface area contributed by atoms with E-state index >= 15 is 0 Å². The number of ether oxygens (including phenoxy) is 1. The predicted octanol–water partition coefficient (Wildman–Crippen LogP) is 4.59. The summed E-state index contributed by atoms with van der Waals surface area (Å²) in [4.78, 5) is 41.9. The van der Waals surface area contributed by atoms with E-state index in [2.05, 4.69) is 4.98 Å². The number of para-hydroxylation sites is 1. The first-order chi connectivity index (χ1) is 15.4. The first-order valence-electron chi connectivity index (χ1n) is 9.99. The molecule has 0 N–H and O–H groups in total. The van der Waals surface area contributed by atoms with Crippen molar-refractivity contribution in [2.24, 2.45) is 0 Å². The Morgan fingerprint density at radius 3 is 2.25 bits per heavy atom. The Bertz CT molecular complexity index is 1360. The Morgan fingerprint density at radius 1 is 0.938 bits per heavy atom. The van der Waals surface area contributed by atoms with Gasteiger partial charge in [0.1, 0.15) is 11.6 Å². The lowest BCUT2D eigenvalue weighted by Crippen LogP contribution is -2.25. The van der Waals surface area contributed by atoms with Crippen LogP contribution in [-0.4, -0.2) is 21.3 Å². The maximum atomic E-state index is 12.7. The van der Waals surface area contributed by atoms with Gasteiger partial charge in [-0.25, -0.2) is 4.98 Å². The average Bonchev–Trinajstić information content (AvgIpc) is 2.79. The first kappa shape index (κ1) is 21.5. The number of esters is 1. The molecule has 0 spiro atoms. The quantitative estimate of drug-likeness (QED) is 0.246. The molecule has 0 radical (unpaired) electrons. The highest BCUT2D eigenvalue weighted by Gasteiger charge is 2.13. The van der Waals surface area contributed by atoms with Crippen molar-refractivity contribution in [1.82, 2.24) is 9.55 Å². The van der Waals surface area contributed by atoms with Crippen molar-refractivity contribution < 1.29 is 14.3 Å². The fourth-order valence-corrected chi connectivity index (χ4v) is 3.50. The van der Waals surface area contributed by atoms with Crippen molar-refractivity contribution in [2.45, 2.75) is 19.9 Å². The molecule has 4 aromatic rings. The van der Waals surface area contributed by atoms with Crippen molar-refractivity contribution in [1.29, 1.82) is 0 Å². The minimum absolute atomic E-state index is 0.00617. The number of nitrogens with zero attached hydrogens (tertiary/aromatic N) is 2. The van der Waals surface area contributed by atoms with E-state index in [9.17, 15) is 14.4 Å². The highest BCUT2D eigenvalue weighted by atomic mass is 35.5. The Morgan fingerprint density at radius 2 is 1.56 bits per heavy atom. The molecule has 32 heavy (non-hydrogen) atoms. The summed E-state index contributed by atoms with van der Waals surface area (Å²) in [5, 5.41) is 1.06. The molecular weight excluding hydrogens is 428 g/mol. The molecule has 0 fully saturated rings. The number of aryl methyl sites for hydroxylation is 1. The second-order valence-corrected chi connectivity index (χ2v) is 7.65. The second-order valence-electron chi connectivity index (χ2n) is 7.22. The zero-order valence-corrected chi connectivity index (χ0v) is 18.0. The topological polar surface area (TPSA) is 78.3 Å². The van der Waals surface area contributed by atoms with E-state index < -0.39 is 5.97 Å². The molecule has 0 amide bonds. The number of carbonyl (C=O) groups is 2. The van der Waals surface area contributed by atoms with E-state index in [0.29, 0.717) is 38.6 Å². The largest absolute Gasteiger partial charge is 0.426 e. The van der Waals surface area contributed by atoms with Gasteiger partial charge in [0.05, 0.1) is 17.3 Å². The fraction of sp³-hybridized carbons (Fsp3) is 0.120. The smallest absolute Gasteiger partial charge is 0.312 e. The molecule has 160 valence electrons. The van der Waals surface area contributed by atoms with Crippen LogP contribution < -0.4 is 10.3 Å². The van der Waals surface area contributed by atoms with E-state index in [1.807, 2.05) is 6.07 Å².